The summed E-state index contributed by atoms with van der Waals surface area (Å²) in [5.41, 5.74) is 2.07. The van der Waals surface area contributed by atoms with Crippen LogP contribution in [0, 0.1) is 4.77 Å². The maximum absolute atomic E-state index is 8.90. The molecule has 0 bridgehead atoms. The Balaban J connectivity index is 2.68. The van der Waals surface area contributed by atoms with Crippen LogP contribution in [0.25, 0.3) is 11.0 Å². The molecule has 0 unspecified atom stereocenters. The highest BCUT2D eigenvalue weighted by Crippen LogP contribution is 2.06. The topological polar surface area (TPSA) is 72.0 Å². The maximum atomic E-state index is 8.90. The Hall–Kier alpha value is -1.11. The molecule has 0 amide bonds. The number of H-pyrrole nitrogens is 2. The van der Waals surface area contributed by atoms with Crippen LogP contribution in [0.4, 0.5) is 0 Å². The molecule has 4 nitrogen and oxygen atoms in total. The summed E-state index contributed by atoms with van der Waals surface area (Å²) in [6.45, 7) is 0. The zero-order valence-corrected chi connectivity index (χ0v) is 7.43. The van der Waals surface area contributed by atoms with Crippen molar-refractivity contribution in [2.24, 2.45) is 0 Å². The van der Waals surface area contributed by atoms with Crippen molar-refractivity contribution in [1.82, 2.24) is 9.97 Å². The molecule has 4 N–H and O–H groups in total. The van der Waals surface area contributed by atoms with Gasteiger partial charge in [-0.15, -0.1) is 0 Å². The number of nitrogens with one attached hydrogen (secondary N) is 2. The molecule has 0 spiro atoms. The van der Waals surface area contributed by atoms with Crippen molar-refractivity contribution < 1.29 is 10.0 Å². The SMILES string of the molecule is OB(O)c1ccc2[nH]c(=S)[nH]c2c1. The first-order chi connectivity index (χ1) is 6.16. The van der Waals surface area contributed by atoms with Crippen LogP contribution in [-0.2, 0) is 0 Å². The summed E-state index contributed by atoms with van der Waals surface area (Å²) in [7, 11) is -1.44. The standard InChI is InChI=1S/C7H7BN2O2S/c11-8(12)4-1-2-5-6(3-4)10-7(13)9-5/h1-3,11-12H,(H2,9,10,13). The van der Waals surface area contributed by atoms with E-state index in [0.29, 0.717) is 10.2 Å². The van der Waals surface area contributed by atoms with E-state index in [1.54, 1.807) is 18.2 Å². The molecule has 0 radical (unpaired) electrons. The van der Waals surface area contributed by atoms with Gasteiger partial charge < -0.3 is 20.0 Å². The molecule has 2 aromatic rings. The van der Waals surface area contributed by atoms with Crippen LogP contribution in [0.2, 0.25) is 0 Å². The molecule has 0 aliphatic heterocycles. The van der Waals surface area contributed by atoms with Crippen molar-refractivity contribution in [3.8, 4) is 0 Å². The van der Waals surface area contributed by atoms with Crippen LogP contribution >= 0.6 is 12.2 Å². The Morgan fingerprint density at radius 3 is 2.54 bits per heavy atom. The van der Waals surface area contributed by atoms with Crippen molar-refractivity contribution in [2.75, 3.05) is 0 Å². The van der Waals surface area contributed by atoms with Gasteiger partial charge in [-0.3, -0.25) is 0 Å². The predicted octanol–water partition coefficient (Wildman–Crippen LogP) is -0.0947. The molecule has 2 rings (SSSR count). The lowest BCUT2D eigenvalue weighted by Crippen LogP contribution is -2.29. The van der Waals surface area contributed by atoms with Gasteiger partial charge in [0.25, 0.3) is 0 Å². The van der Waals surface area contributed by atoms with Crippen LogP contribution in [0.15, 0.2) is 18.2 Å². The molecule has 13 heavy (non-hydrogen) atoms. The molecule has 0 saturated heterocycles. The lowest BCUT2D eigenvalue weighted by molar-refractivity contribution is 0.426. The van der Waals surface area contributed by atoms with Crippen molar-refractivity contribution in [2.45, 2.75) is 0 Å². The van der Waals surface area contributed by atoms with E-state index in [1.807, 2.05) is 0 Å². The second-order valence-electron chi connectivity index (χ2n) is 2.76. The number of rotatable bonds is 1. The molecule has 0 saturated carbocycles. The molecule has 0 atom stereocenters. The highest BCUT2D eigenvalue weighted by molar-refractivity contribution is 7.71. The van der Waals surface area contributed by atoms with E-state index in [-0.39, 0.29) is 0 Å². The first-order valence-corrected chi connectivity index (χ1v) is 4.16. The van der Waals surface area contributed by atoms with Crippen LogP contribution in [0.1, 0.15) is 0 Å². The number of fused-ring (bicyclic) bond motifs is 1. The van der Waals surface area contributed by atoms with Crippen LogP contribution < -0.4 is 5.46 Å². The van der Waals surface area contributed by atoms with Crippen LogP contribution in [-0.4, -0.2) is 27.1 Å². The zero-order valence-electron chi connectivity index (χ0n) is 6.61. The smallest absolute Gasteiger partial charge is 0.423 e. The summed E-state index contributed by atoms with van der Waals surface area (Å²) in [5.74, 6) is 0. The summed E-state index contributed by atoms with van der Waals surface area (Å²) in [5, 5.41) is 17.8. The lowest BCUT2D eigenvalue weighted by Gasteiger charge is -1.97. The van der Waals surface area contributed by atoms with E-state index in [1.165, 1.54) is 0 Å². The summed E-state index contributed by atoms with van der Waals surface area (Å²) in [6.07, 6.45) is 0. The second-order valence-corrected chi connectivity index (χ2v) is 3.17. The van der Waals surface area contributed by atoms with Crippen molar-refractivity contribution in [3.05, 3.63) is 23.0 Å². The van der Waals surface area contributed by atoms with Gasteiger partial charge in [-0.1, -0.05) is 6.07 Å². The third-order valence-electron chi connectivity index (χ3n) is 1.84. The van der Waals surface area contributed by atoms with Crippen LogP contribution in [0.5, 0.6) is 0 Å². The summed E-state index contributed by atoms with van der Waals surface area (Å²) in [6, 6.07) is 5.02. The third kappa shape index (κ3) is 1.51. The van der Waals surface area contributed by atoms with E-state index in [2.05, 4.69) is 9.97 Å². The quantitative estimate of drug-likeness (QED) is 0.378. The van der Waals surface area contributed by atoms with Crippen LogP contribution in [0.3, 0.4) is 0 Å². The molecule has 66 valence electrons. The molecule has 1 heterocycles. The molecule has 6 heteroatoms. The zero-order chi connectivity index (χ0) is 9.42. The number of imidazole rings is 1. The summed E-state index contributed by atoms with van der Waals surface area (Å²) >= 11 is 4.89. The molecule has 1 aromatic heterocycles. The van der Waals surface area contributed by atoms with Gasteiger partial charge in [-0.05, 0) is 29.8 Å². The first-order valence-electron chi connectivity index (χ1n) is 3.75. The number of hydrogen-bond donors (Lipinski definition) is 4. The van der Waals surface area contributed by atoms with Gasteiger partial charge in [0, 0.05) is 0 Å². The lowest BCUT2D eigenvalue weighted by atomic mass is 9.80. The van der Waals surface area contributed by atoms with E-state index in [9.17, 15) is 0 Å². The monoisotopic (exact) mass is 194 g/mol. The minimum atomic E-state index is -1.44. The Bertz CT molecular complexity index is 490. The molecular formula is C7H7BN2O2S. The fourth-order valence-electron chi connectivity index (χ4n) is 1.21. The normalized spacial score (nSPS) is 10.6. The predicted molar refractivity (Wildman–Crippen MR) is 53.3 cm³/mol. The fraction of sp³-hybridized carbons (Fsp3) is 0. The first kappa shape index (κ1) is 8.49. The Morgan fingerprint density at radius 1 is 1.15 bits per heavy atom. The Labute approximate surface area is 79.4 Å². The van der Waals surface area contributed by atoms with Crippen molar-refractivity contribution >= 4 is 35.8 Å². The average molecular weight is 194 g/mol. The van der Waals surface area contributed by atoms with Gasteiger partial charge in [-0.2, -0.15) is 0 Å². The van der Waals surface area contributed by atoms with E-state index in [0.717, 1.165) is 11.0 Å². The number of aromatic amines is 2. The highest BCUT2D eigenvalue weighted by Gasteiger charge is 2.11. The molecular weight excluding hydrogens is 187 g/mol. The molecule has 0 aliphatic rings. The van der Waals surface area contributed by atoms with Gasteiger partial charge in [0.15, 0.2) is 4.77 Å². The molecule has 0 fully saturated rings. The van der Waals surface area contributed by atoms with Gasteiger partial charge in [0.05, 0.1) is 11.0 Å². The summed E-state index contributed by atoms with van der Waals surface area (Å²) in [4.78, 5) is 5.81. The van der Waals surface area contributed by atoms with E-state index in [4.69, 9.17) is 22.3 Å². The highest BCUT2D eigenvalue weighted by atomic mass is 32.1. The number of benzene rings is 1. The minimum absolute atomic E-state index is 0.442. The minimum Gasteiger partial charge on any atom is -0.423 e. The van der Waals surface area contributed by atoms with Gasteiger partial charge in [0.1, 0.15) is 0 Å². The average Bonchev–Trinajstić information content (AvgIpc) is 2.42. The van der Waals surface area contributed by atoms with Gasteiger partial charge in [0.2, 0.25) is 0 Å². The van der Waals surface area contributed by atoms with Crippen molar-refractivity contribution in [1.29, 1.82) is 0 Å². The number of hydrogen-bond acceptors (Lipinski definition) is 3. The van der Waals surface area contributed by atoms with Gasteiger partial charge in [-0.25, -0.2) is 0 Å². The van der Waals surface area contributed by atoms with E-state index < -0.39 is 7.12 Å². The fourth-order valence-corrected chi connectivity index (χ4v) is 1.43. The summed E-state index contributed by atoms with van der Waals surface area (Å²) < 4.78 is 0.527. The Morgan fingerprint density at radius 2 is 1.85 bits per heavy atom. The molecule has 1 aromatic carbocycles. The maximum Gasteiger partial charge on any atom is 0.488 e. The van der Waals surface area contributed by atoms with Gasteiger partial charge >= 0.3 is 7.12 Å². The number of aromatic nitrogens is 2. The Kier molecular flexibility index (Phi) is 1.95. The van der Waals surface area contributed by atoms with E-state index >= 15 is 0 Å². The third-order valence-corrected chi connectivity index (χ3v) is 2.04. The van der Waals surface area contributed by atoms with Crippen molar-refractivity contribution in [3.63, 3.8) is 0 Å². The largest absolute Gasteiger partial charge is 0.488 e. The second kappa shape index (κ2) is 2.99. The molecule has 0 aliphatic carbocycles.